The highest BCUT2D eigenvalue weighted by Crippen LogP contribution is 2.28. The number of nitrogens with one attached hydrogen (secondary N) is 1. The van der Waals surface area contributed by atoms with E-state index in [2.05, 4.69) is 23.5 Å². The van der Waals surface area contributed by atoms with Crippen LogP contribution in [-0.2, 0) is 11.4 Å². The molecule has 0 aliphatic rings. The lowest BCUT2D eigenvalue weighted by molar-refractivity contribution is -0.112. The molecule has 1 amide bonds. The van der Waals surface area contributed by atoms with Gasteiger partial charge in [-0.15, -0.1) is 0 Å². The summed E-state index contributed by atoms with van der Waals surface area (Å²) in [4.78, 5) is 12.5. The normalized spacial score (nSPS) is 11.1. The molecule has 0 atom stereocenters. The van der Waals surface area contributed by atoms with E-state index in [1.165, 1.54) is 23.3 Å². The standard InChI is InChI=1S/C25H19Cl3N2O2/c1-15-7-16(2)9-18(8-15)14-32-24-6-3-17(11-23(24)28)10-19(13-29)25(31)30-20-4-5-21(26)22(27)12-20/h3-12H,14H2,1-2H3,(H,30,31)/b19-10+. The van der Waals surface area contributed by atoms with Gasteiger partial charge in [0.2, 0.25) is 0 Å². The van der Waals surface area contributed by atoms with E-state index in [9.17, 15) is 10.1 Å². The molecule has 7 heteroatoms. The molecule has 3 aromatic rings. The van der Waals surface area contributed by atoms with Gasteiger partial charge in [0.15, 0.2) is 0 Å². The van der Waals surface area contributed by atoms with Crippen LogP contribution in [0.25, 0.3) is 6.08 Å². The quantitative estimate of drug-likeness (QED) is 0.292. The van der Waals surface area contributed by atoms with Crippen molar-refractivity contribution in [1.29, 1.82) is 5.26 Å². The topological polar surface area (TPSA) is 62.1 Å². The maximum atomic E-state index is 12.5. The molecule has 0 aliphatic heterocycles. The minimum atomic E-state index is -0.572. The molecule has 1 N–H and O–H groups in total. The van der Waals surface area contributed by atoms with E-state index in [4.69, 9.17) is 39.5 Å². The molecule has 0 unspecified atom stereocenters. The van der Waals surface area contributed by atoms with Crippen molar-refractivity contribution in [3.05, 3.63) is 97.5 Å². The summed E-state index contributed by atoms with van der Waals surface area (Å²) in [6, 6.07) is 17.9. The van der Waals surface area contributed by atoms with Gasteiger partial charge < -0.3 is 10.1 Å². The number of aryl methyl sites for hydroxylation is 2. The number of carbonyl (C=O) groups excluding carboxylic acids is 1. The predicted molar refractivity (Wildman–Crippen MR) is 130 cm³/mol. The van der Waals surface area contributed by atoms with Crippen LogP contribution in [0.4, 0.5) is 5.69 Å². The second-order valence-corrected chi connectivity index (χ2v) is 8.45. The van der Waals surface area contributed by atoms with E-state index in [0.717, 1.165) is 5.56 Å². The number of nitrogens with zero attached hydrogens (tertiary/aromatic N) is 1. The van der Waals surface area contributed by atoms with Gasteiger partial charge >= 0.3 is 0 Å². The fourth-order valence-corrected chi connectivity index (χ4v) is 3.67. The highest BCUT2D eigenvalue weighted by molar-refractivity contribution is 6.42. The number of rotatable bonds is 6. The molecular weight excluding hydrogens is 467 g/mol. The highest BCUT2D eigenvalue weighted by Gasteiger charge is 2.12. The maximum Gasteiger partial charge on any atom is 0.266 e. The molecular formula is C25H19Cl3N2O2. The van der Waals surface area contributed by atoms with Crippen molar-refractivity contribution in [2.45, 2.75) is 20.5 Å². The highest BCUT2D eigenvalue weighted by atomic mass is 35.5. The summed E-state index contributed by atoms with van der Waals surface area (Å²) >= 11 is 18.2. The second-order valence-electron chi connectivity index (χ2n) is 7.23. The summed E-state index contributed by atoms with van der Waals surface area (Å²) in [5, 5.41) is 13.1. The van der Waals surface area contributed by atoms with Gasteiger partial charge in [-0.3, -0.25) is 4.79 Å². The zero-order valence-electron chi connectivity index (χ0n) is 17.4. The van der Waals surface area contributed by atoms with Crippen molar-refractivity contribution in [3.8, 4) is 11.8 Å². The van der Waals surface area contributed by atoms with E-state index in [1.807, 2.05) is 19.9 Å². The Hall–Kier alpha value is -2.97. The second kappa shape index (κ2) is 10.6. The smallest absolute Gasteiger partial charge is 0.266 e. The first-order valence-electron chi connectivity index (χ1n) is 9.63. The molecule has 0 aliphatic carbocycles. The Bertz CT molecular complexity index is 1230. The van der Waals surface area contributed by atoms with Gasteiger partial charge in [-0.2, -0.15) is 5.26 Å². The molecule has 0 fully saturated rings. The molecule has 0 radical (unpaired) electrons. The molecule has 4 nitrogen and oxygen atoms in total. The Morgan fingerprint density at radius 1 is 0.969 bits per heavy atom. The van der Waals surface area contributed by atoms with Crippen LogP contribution in [0, 0.1) is 25.2 Å². The van der Waals surface area contributed by atoms with Gasteiger partial charge in [0.25, 0.3) is 5.91 Å². The van der Waals surface area contributed by atoms with Crippen LogP contribution in [0.5, 0.6) is 5.75 Å². The van der Waals surface area contributed by atoms with Crippen molar-refractivity contribution < 1.29 is 9.53 Å². The minimum Gasteiger partial charge on any atom is -0.487 e. The molecule has 0 saturated heterocycles. The Morgan fingerprint density at radius 3 is 2.31 bits per heavy atom. The number of anilines is 1. The number of carbonyl (C=O) groups is 1. The van der Waals surface area contributed by atoms with Crippen LogP contribution in [0.2, 0.25) is 15.1 Å². The Kier molecular flexibility index (Phi) is 7.82. The van der Waals surface area contributed by atoms with Gasteiger partial charge in [-0.1, -0.05) is 70.2 Å². The number of halogens is 3. The monoisotopic (exact) mass is 484 g/mol. The van der Waals surface area contributed by atoms with Gasteiger partial charge in [0.1, 0.15) is 24.0 Å². The zero-order valence-corrected chi connectivity index (χ0v) is 19.6. The summed E-state index contributed by atoms with van der Waals surface area (Å²) < 4.78 is 5.85. The van der Waals surface area contributed by atoms with E-state index in [1.54, 1.807) is 30.3 Å². The van der Waals surface area contributed by atoms with Crippen molar-refractivity contribution in [2.24, 2.45) is 0 Å². The van der Waals surface area contributed by atoms with E-state index in [0.29, 0.717) is 38.7 Å². The summed E-state index contributed by atoms with van der Waals surface area (Å²) in [7, 11) is 0. The molecule has 32 heavy (non-hydrogen) atoms. The molecule has 162 valence electrons. The van der Waals surface area contributed by atoms with Gasteiger partial charge in [0.05, 0.1) is 15.1 Å². The first-order valence-corrected chi connectivity index (χ1v) is 10.8. The Balaban J connectivity index is 1.72. The molecule has 3 aromatic carbocycles. The number of hydrogen-bond donors (Lipinski definition) is 1. The lowest BCUT2D eigenvalue weighted by Crippen LogP contribution is -2.13. The average molecular weight is 486 g/mol. The molecule has 0 heterocycles. The third-order valence-corrected chi connectivity index (χ3v) is 5.52. The largest absolute Gasteiger partial charge is 0.487 e. The Labute approximate surface area is 202 Å². The molecule has 0 saturated carbocycles. The predicted octanol–water partition coefficient (Wildman–Crippen LogP) is 7.39. The van der Waals surface area contributed by atoms with E-state index < -0.39 is 5.91 Å². The third-order valence-electron chi connectivity index (χ3n) is 4.49. The zero-order chi connectivity index (χ0) is 23.3. The number of ether oxygens (including phenoxy) is 1. The first-order chi connectivity index (χ1) is 15.2. The summed E-state index contributed by atoms with van der Waals surface area (Å²) in [6.07, 6.45) is 1.45. The van der Waals surface area contributed by atoms with Gasteiger partial charge in [-0.05, 0) is 61.4 Å². The first kappa shape index (κ1) is 23.7. The number of nitriles is 1. The van der Waals surface area contributed by atoms with Crippen LogP contribution in [0.15, 0.2) is 60.2 Å². The van der Waals surface area contributed by atoms with Crippen LogP contribution in [-0.4, -0.2) is 5.91 Å². The fourth-order valence-electron chi connectivity index (χ4n) is 3.12. The van der Waals surface area contributed by atoms with Gasteiger partial charge in [-0.25, -0.2) is 0 Å². The third kappa shape index (κ3) is 6.27. The lowest BCUT2D eigenvalue weighted by Gasteiger charge is -2.10. The van der Waals surface area contributed by atoms with Crippen LogP contribution < -0.4 is 10.1 Å². The van der Waals surface area contributed by atoms with Crippen molar-refractivity contribution in [2.75, 3.05) is 5.32 Å². The average Bonchev–Trinajstić information content (AvgIpc) is 2.73. The van der Waals surface area contributed by atoms with Gasteiger partial charge in [0, 0.05) is 5.69 Å². The molecule has 3 rings (SSSR count). The SMILES string of the molecule is Cc1cc(C)cc(COc2ccc(/C=C(\C#N)C(=O)Nc3ccc(Cl)c(Cl)c3)cc2Cl)c1. The molecule has 0 spiro atoms. The summed E-state index contributed by atoms with van der Waals surface area (Å²) in [5.74, 6) is -0.0566. The number of benzene rings is 3. The lowest BCUT2D eigenvalue weighted by atomic mass is 10.1. The Morgan fingerprint density at radius 2 is 1.69 bits per heavy atom. The summed E-state index contributed by atoms with van der Waals surface area (Å²) in [5.41, 5.74) is 4.31. The van der Waals surface area contributed by atoms with Crippen LogP contribution >= 0.6 is 34.8 Å². The maximum absolute atomic E-state index is 12.5. The molecule has 0 bridgehead atoms. The van der Waals surface area contributed by atoms with E-state index in [-0.39, 0.29) is 5.57 Å². The van der Waals surface area contributed by atoms with Crippen molar-refractivity contribution in [3.63, 3.8) is 0 Å². The van der Waals surface area contributed by atoms with Crippen molar-refractivity contribution in [1.82, 2.24) is 0 Å². The molecule has 0 aromatic heterocycles. The van der Waals surface area contributed by atoms with Crippen LogP contribution in [0.3, 0.4) is 0 Å². The van der Waals surface area contributed by atoms with Crippen LogP contribution in [0.1, 0.15) is 22.3 Å². The number of amides is 1. The van der Waals surface area contributed by atoms with E-state index >= 15 is 0 Å². The minimum absolute atomic E-state index is 0.0870. The number of hydrogen-bond acceptors (Lipinski definition) is 3. The van der Waals surface area contributed by atoms with Crippen molar-refractivity contribution >= 4 is 52.5 Å². The summed E-state index contributed by atoms with van der Waals surface area (Å²) in [6.45, 7) is 4.46. The fraction of sp³-hybridized carbons (Fsp3) is 0.120.